The third kappa shape index (κ3) is 3.51. The van der Waals surface area contributed by atoms with E-state index < -0.39 is 0 Å². The second kappa shape index (κ2) is 8.02. The van der Waals surface area contributed by atoms with E-state index in [1.54, 1.807) is 11.1 Å². The molecule has 158 valence electrons. The number of carbonyl (C=O) groups excluding carboxylic acids is 1. The van der Waals surface area contributed by atoms with Gasteiger partial charge in [0, 0.05) is 44.3 Å². The molecule has 2 aliphatic rings. The van der Waals surface area contributed by atoms with Crippen molar-refractivity contribution in [1.29, 1.82) is 0 Å². The minimum absolute atomic E-state index is 0.141. The second-order valence-corrected chi connectivity index (χ2v) is 7.70. The fourth-order valence-corrected chi connectivity index (χ4v) is 4.22. The molecule has 0 spiro atoms. The normalized spacial score (nSPS) is 17.9. The molecule has 0 unspecified atom stereocenters. The number of hydrogen-bond donors (Lipinski definition) is 0. The third-order valence-electron chi connectivity index (χ3n) is 5.79. The summed E-state index contributed by atoms with van der Waals surface area (Å²) in [7, 11) is 0. The third-order valence-corrected chi connectivity index (χ3v) is 5.79. The van der Waals surface area contributed by atoms with Crippen LogP contribution < -0.4 is 5.01 Å². The molecule has 2 fully saturated rings. The van der Waals surface area contributed by atoms with E-state index in [0.29, 0.717) is 30.7 Å². The maximum Gasteiger partial charge on any atom is 0.259 e. The number of rotatable bonds is 6. The molecule has 0 radical (unpaired) electrons. The van der Waals surface area contributed by atoms with Crippen LogP contribution in [0.1, 0.15) is 38.4 Å². The number of likely N-dealkylation sites (tertiary alicyclic amines) is 1. The van der Waals surface area contributed by atoms with Gasteiger partial charge in [0.2, 0.25) is 5.91 Å². The van der Waals surface area contributed by atoms with Gasteiger partial charge in [0.05, 0.1) is 24.3 Å². The quantitative estimate of drug-likeness (QED) is 0.604. The van der Waals surface area contributed by atoms with Gasteiger partial charge in [-0.1, -0.05) is 5.16 Å². The van der Waals surface area contributed by atoms with Crippen molar-refractivity contribution in [2.75, 3.05) is 31.3 Å². The number of aromatic nitrogens is 5. The van der Waals surface area contributed by atoms with Crippen molar-refractivity contribution in [2.24, 2.45) is 0 Å². The Bertz CT molecular complexity index is 1040. The van der Waals surface area contributed by atoms with Gasteiger partial charge in [-0.05, 0) is 32.3 Å². The van der Waals surface area contributed by atoms with Crippen molar-refractivity contribution in [3.63, 3.8) is 0 Å². The molecular weight excluding hydrogens is 386 g/mol. The molecule has 3 aromatic heterocycles. The average molecular weight is 411 g/mol. The SMILES string of the molecule is CCN(C1CCOCC1)n1ncc2cc(-c3nc(CN4CCCC4=O)no3)cnc21. The van der Waals surface area contributed by atoms with E-state index in [4.69, 9.17) is 9.26 Å². The molecule has 0 N–H and O–H groups in total. The summed E-state index contributed by atoms with van der Waals surface area (Å²) in [6.45, 7) is 5.65. The van der Waals surface area contributed by atoms with E-state index in [2.05, 4.69) is 32.2 Å². The lowest BCUT2D eigenvalue weighted by Crippen LogP contribution is -2.47. The highest BCUT2D eigenvalue weighted by molar-refractivity contribution is 5.79. The first-order chi connectivity index (χ1) is 14.7. The van der Waals surface area contributed by atoms with E-state index in [0.717, 1.165) is 62.2 Å². The molecule has 3 aromatic rings. The lowest BCUT2D eigenvalue weighted by atomic mass is 10.1. The maximum absolute atomic E-state index is 11.8. The van der Waals surface area contributed by atoms with Crippen molar-refractivity contribution in [1.82, 2.24) is 29.9 Å². The topological polar surface area (TPSA) is 102 Å². The molecule has 2 aliphatic heterocycles. The molecule has 5 rings (SSSR count). The second-order valence-electron chi connectivity index (χ2n) is 7.70. The van der Waals surface area contributed by atoms with Gasteiger partial charge in [0.25, 0.3) is 5.89 Å². The largest absolute Gasteiger partial charge is 0.381 e. The predicted molar refractivity (Wildman–Crippen MR) is 108 cm³/mol. The van der Waals surface area contributed by atoms with Crippen LogP contribution >= 0.6 is 0 Å². The summed E-state index contributed by atoms with van der Waals surface area (Å²) in [5.41, 5.74) is 1.54. The lowest BCUT2D eigenvalue weighted by Gasteiger charge is -2.34. The summed E-state index contributed by atoms with van der Waals surface area (Å²) in [5, 5.41) is 11.8. The highest BCUT2D eigenvalue weighted by Crippen LogP contribution is 2.23. The molecule has 30 heavy (non-hydrogen) atoms. The molecule has 0 aromatic carbocycles. The lowest BCUT2D eigenvalue weighted by molar-refractivity contribution is -0.128. The van der Waals surface area contributed by atoms with Crippen LogP contribution in [0.5, 0.6) is 0 Å². The van der Waals surface area contributed by atoms with Gasteiger partial charge in [-0.15, -0.1) is 0 Å². The first-order valence-corrected chi connectivity index (χ1v) is 10.5. The van der Waals surface area contributed by atoms with Crippen LogP contribution in [0.2, 0.25) is 0 Å². The zero-order chi connectivity index (χ0) is 20.5. The summed E-state index contributed by atoms with van der Waals surface area (Å²) in [6.07, 6.45) is 6.99. The van der Waals surface area contributed by atoms with E-state index >= 15 is 0 Å². The van der Waals surface area contributed by atoms with Crippen LogP contribution in [0.25, 0.3) is 22.5 Å². The molecule has 0 bridgehead atoms. The highest BCUT2D eigenvalue weighted by atomic mass is 16.5. The van der Waals surface area contributed by atoms with Crippen molar-refractivity contribution in [2.45, 2.75) is 45.2 Å². The molecule has 10 heteroatoms. The van der Waals surface area contributed by atoms with Gasteiger partial charge < -0.3 is 14.2 Å². The number of amides is 1. The molecule has 10 nitrogen and oxygen atoms in total. The number of ether oxygens (including phenoxy) is 1. The van der Waals surface area contributed by atoms with E-state index in [1.807, 2.05) is 17.1 Å². The zero-order valence-corrected chi connectivity index (χ0v) is 17.0. The Balaban J connectivity index is 1.38. The van der Waals surface area contributed by atoms with Gasteiger partial charge in [-0.3, -0.25) is 9.80 Å². The van der Waals surface area contributed by atoms with E-state index in [-0.39, 0.29) is 5.91 Å². The van der Waals surface area contributed by atoms with Gasteiger partial charge in [0.15, 0.2) is 11.5 Å². The van der Waals surface area contributed by atoms with Gasteiger partial charge >= 0.3 is 0 Å². The Morgan fingerprint density at radius 3 is 2.90 bits per heavy atom. The van der Waals surface area contributed by atoms with Crippen LogP contribution in [0.4, 0.5) is 0 Å². The van der Waals surface area contributed by atoms with Crippen LogP contribution in [-0.4, -0.2) is 68.2 Å². The fraction of sp³-hybridized carbons (Fsp3) is 0.550. The van der Waals surface area contributed by atoms with Crippen LogP contribution in [0.3, 0.4) is 0 Å². The zero-order valence-electron chi connectivity index (χ0n) is 17.0. The smallest absolute Gasteiger partial charge is 0.259 e. The Morgan fingerprint density at radius 2 is 2.13 bits per heavy atom. The minimum Gasteiger partial charge on any atom is -0.381 e. The Labute approximate surface area is 173 Å². The van der Waals surface area contributed by atoms with Crippen molar-refractivity contribution >= 4 is 16.9 Å². The summed E-state index contributed by atoms with van der Waals surface area (Å²) < 4.78 is 10.9. The molecule has 2 saturated heterocycles. The van der Waals surface area contributed by atoms with Crippen LogP contribution in [0.15, 0.2) is 23.0 Å². The van der Waals surface area contributed by atoms with Crippen LogP contribution in [-0.2, 0) is 16.1 Å². The maximum atomic E-state index is 11.8. The predicted octanol–water partition coefficient (Wildman–Crippen LogP) is 1.74. The number of hydrogen-bond acceptors (Lipinski definition) is 8. The van der Waals surface area contributed by atoms with E-state index in [9.17, 15) is 4.79 Å². The Kier molecular flexibility index (Phi) is 5.07. The number of carbonyl (C=O) groups is 1. The molecule has 1 amide bonds. The monoisotopic (exact) mass is 411 g/mol. The molecular formula is C20H25N7O3. The van der Waals surface area contributed by atoms with Crippen molar-refractivity contribution in [3.05, 3.63) is 24.3 Å². The van der Waals surface area contributed by atoms with Gasteiger partial charge in [-0.2, -0.15) is 14.9 Å². The first-order valence-electron chi connectivity index (χ1n) is 10.5. The molecule has 0 atom stereocenters. The highest BCUT2D eigenvalue weighted by Gasteiger charge is 2.24. The van der Waals surface area contributed by atoms with Crippen LogP contribution in [0, 0.1) is 0 Å². The fourth-order valence-electron chi connectivity index (χ4n) is 4.22. The number of nitrogens with zero attached hydrogens (tertiary/aromatic N) is 7. The summed E-state index contributed by atoms with van der Waals surface area (Å²) >= 11 is 0. The first kappa shape index (κ1) is 19.0. The number of fused-ring (bicyclic) bond motifs is 1. The standard InChI is InChI=1S/C20H25N7O3/c1-2-26(16-5-8-29-9-6-16)27-19-14(12-22-27)10-15(11-21-19)20-23-17(24-30-20)13-25-7-3-4-18(25)28/h10-12,16H,2-9,13H2,1H3. The Morgan fingerprint density at radius 1 is 1.27 bits per heavy atom. The minimum atomic E-state index is 0.141. The van der Waals surface area contributed by atoms with E-state index in [1.165, 1.54) is 0 Å². The average Bonchev–Trinajstić information content (AvgIpc) is 3.51. The molecule has 5 heterocycles. The summed E-state index contributed by atoms with van der Waals surface area (Å²) in [6, 6.07) is 2.35. The Hall–Kier alpha value is -3.01. The van der Waals surface area contributed by atoms with Crippen molar-refractivity contribution in [3.8, 4) is 11.5 Å². The van der Waals surface area contributed by atoms with Gasteiger partial charge in [-0.25, -0.2) is 4.98 Å². The molecule has 0 saturated carbocycles. The number of pyridine rings is 1. The summed E-state index contributed by atoms with van der Waals surface area (Å²) in [4.78, 5) is 24.6. The molecule has 0 aliphatic carbocycles. The van der Waals surface area contributed by atoms with Gasteiger partial charge in [0.1, 0.15) is 0 Å². The van der Waals surface area contributed by atoms with Crippen molar-refractivity contribution < 1.29 is 14.1 Å². The summed E-state index contributed by atoms with van der Waals surface area (Å²) in [5.74, 6) is 1.05.